The molecule has 0 saturated carbocycles. The largest absolute Gasteiger partial charge is 0.452 e. The van der Waals surface area contributed by atoms with Gasteiger partial charge < -0.3 is 10.1 Å². The number of nitro groups is 1. The van der Waals surface area contributed by atoms with Gasteiger partial charge in [0.05, 0.1) is 38.3 Å². The number of nitrogens with one attached hydrogen (secondary N) is 1. The third kappa shape index (κ3) is 5.32. The maximum Gasteiger partial charge on any atom is 0.339 e. The SMILES string of the molecule is Cc1ccc(-c2cc(C(=O)OCC(=O)Nc3c(Br)cc([N+](=O)[O-])cc3Br)c3cnn(C(C)C)c3n2)s1. The summed E-state index contributed by atoms with van der Waals surface area (Å²) < 4.78 is 7.66. The molecule has 1 amide bonds. The van der Waals surface area contributed by atoms with E-state index in [-0.39, 0.29) is 23.0 Å². The third-order valence-corrected chi connectivity index (χ3v) is 7.38. The highest BCUT2D eigenvalue weighted by Crippen LogP contribution is 2.35. The second-order valence-corrected chi connectivity index (χ2v) is 11.0. The number of pyridine rings is 1. The Kier molecular flexibility index (Phi) is 7.52. The summed E-state index contributed by atoms with van der Waals surface area (Å²) >= 11 is 7.98. The smallest absolute Gasteiger partial charge is 0.339 e. The number of benzene rings is 1. The summed E-state index contributed by atoms with van der Waals surface area (Å²) in [7, 11) is 0. The van der Waals surface area contributed by atoms with Gasteiger partial charge in [0.15, 0.2) is 12.3 Å². The predicted molar refractivity (Wildman–Crippen MR) is 143 cm³/mol. The van der Waals surface area contributed by atoms with Crippen molar-refractivity contribution in [2.24, 2.45) is 0 Å². The first-order valence-electron chi connectivity index (χ1n) is 10.6. The van der Waals surface area contributed by atoms with Crippen molar-refractivity contribution in [3.63, 3.8) is 0 Å². The number of rotatable bonds is 7. The molecule has 36 heavy (non-hydrogen) atoms. The van der Waals surface area contributed by atoms with Crippen LogP contribution in [-0.4, -0.2) is 38.2 Å². The number of aryl methyl sites for hydroxylation is 1. The molecule has 0 aliphatic heterocycles. The van der Waals surface area contributed by atoms with E-state index in [1.54, 1.807) is 28.3 Å². The molecule has 10 nitrogen and oxygen atoms in total. The van der Waals surface area contributed by atoms with Crippen molar-refractivity contribution in [2.45, 2.75) is 26.8 Å². The predicted octanol–water partition coefficient (Wildman–Crippen LogP) is 6.28. The molecular weight excluding hydrogens is 618 g/mol. The molecule has 4 rings (SSSR count). The number of nitro benzene ring substituents is 1. The average molecular weight is 637 g/mol. The van der Waals surface area contributed by atoms with Crippen molar-refractivity contribution in [3.05, 3.63) is 66.0 Å². The van der Waals surface area contributed by atoms with Gasteiger partial charge in [-0.05, 0) is 70.8 Å². The first-order valence-corrected chi connectivity index (χ1v) is 13.0. The van der Waals surface area contributed by atoms with Gasteiger partial charge in [-0.2, -0.15) is 5.10 Å². The van der Waals surface area contributed by atoms with Gasteiger partial charge in [0.2, 0.25) is 0 Å². The van der Waals surface area contributed by atoms with E-state index < -0.39 is 23.4 Å². The number of amides is 1. The number of fused-ring (bicyclic) bond motifs is 1. The standard InChI is InChI=1S/C23H19Br2N5O5S/c1-11(2)29-22-15(9-26-29)14(8-18(27-22)19-5-4-12(3)36-19)23(32)35-10-20(31)28-21-16(24)6-13(30(33)34)7-17(21)25/h4-9,11H,10H2,1-3H3,(H,28,31). The van der Waals surface area contributed by atoms with Gasteiger partial charge >= 0.3 is 5.97 Å². The molecule has 4 aromatic rings. The summed E-state index contributed by atoms with van der Waals surface area (Å²) in [6.07, 6.45) is 1.56. The Hall–Kier alpha value is -3.16. The van der Waals surface area contributed by atoms with E-state index in [1.165, 1.54) is 12.1 Å². The van der Waals surface area contributed by atoms with E-state index in [0.29, 0.717) is 25.7 Å². The van der Waals surface area contributed by atoms with Gasteiger partial charge in [-0.1, -0.05) is 0 Å². The number of thiophene rings is 1. The highest BCUT2D eigenvalue weighted by molar-refractivity contribution is 9.11. The maximum atomic E-state index is 13.1. The van der Waals surface area contributed by atoms with Gasteiger partial charge in [0, 0.05) is 32.0 Å². The van der Waals surface area contributed by atoms with Gasteiger partial charge in [0.25, 0.3) is 11.6 Å². The zero-order valence-electron chi connectivity index (χ0n) is 19.2. The van der Waals surface area contributed by atoms with Crippen LogP contribution in [0.1, 0.15) is 35.1 Å². The Morgan fingerprint density at radius 2 is 1.92 bits per heavy atom. The highest BCUT2D eigenvalue weighted by Gasteiger charge is 2.22. The lowest BCUT2D eigenvalue weighted by Gasteiger charge is -2.11. The summed E-state index contributed by atoms with van der Waals surface area (Å²) in [6, 6.07) is 8.10. The van der Waals surface area contributed by atoms with Gasteiger partial charge in [-0.15, -0.1) is 11.3 Å². The first kappa shape index (κ1) is 25.9. The number of ether oxygens (including phenoxy) is 1. The molecule has 0 unspecified atom stereocenters. The summed E-state index contributed by atoms with van der Waals surface area (Å²) in [4.78, 5) is 42.8. The van der Waals surface area contributed by atoms with Crippen molar-refractivity contribution < 1.29 is 19.2 Å². The van der Waals surface area contributed by atoms with Gasteiger partial charge in [0.1, 0.15) is 0 Å². The Bertz CT molecular complexity index is 1490. The quantitative estimate of drug-likeness (QED) is 0.144. The highest BCUT2D eigenvalue weighted by atomic mass is 79.9. The number of carbonyl (C=O) groups is 2. The molecule has 1 N–H and O–H groups in total. The summed E-state index contributed by atoms with van der Waals surface area (Å²) in [6.45, 7) is 5.35. The van der Waals surface area contributed by atoms with Crippen LogP contribution in [0.15, 0.2) is 45.5 Å². The lowest BCUT2D eigenvalue weighted by atomic mass is 10.1. The second kappa shape index (κ2) is 10.4. The molecule has 3 heterocycles. The fraction of sp³-hybridized carbons (Fsp3) is 0.217. The van der Waals surface area contributed by atoms with Crippen molar-refractivity contribution >= 4 is 77.5 Å². The van der Waals surface area contributed by atoms with Crippen LogP contribution < -0.4 is 5.32 Å². The average Bonchev–Trinajstić information content (AvgIpc) is 3.45. The van der Waals surface area contributed by atoms with Crippen molar-refractivity contribution in [3.8, 4) is 10.6 Å². The van der Waals surface area contributed by atoms with Crippen LogP contribution in [0.4, 0.5) is 11.4 Å². The number of halogens is 2. The minimum Gasteiger partial charge on any atom is -0.452 e. The van der Waals surface area contributed by atoms with Crippen LogP contribution in [0.2, 0.25) is 0 Å². The van der Waals surface area contributed by atoms with Gasteiger partial charge in [-0.25, -0.2) is 14.5 Å². The molecule has 1 aromatic carbocycles. The van der Waals surface area contributed by atoms with Gasteiger partial charge in [-0.3, -0.25) is 14.9 Å². The molecule has 0 atom stereocenters. The van der Waals surface area contributed by atoms with E-state index in [4.69, 9.17) is 9.72 Å². The zero-order chi connectivity index (χ0) is 26.1. The minimum absolute atomic E-state index is 0.0172. The van der Waals surface area contributed by atoms with Crippen LogP contribution in [0.25, 0.3) is 21.6 Å². The number of carbonyl (C=O) groups excluding carboxylic acids is 2. The lowest BCUT2D eigenvalue weighted by molar-refractivity contribution is -0.385. The van der Waals surface area contributed by atoms with E-state index in [2.05, 4.69) is 42.3 Å². The lowest BCUT2D eigenvalue weighted by Crippen LogP contribution is -2.21. The third-order valence-electron chi connectivity index (χ3n) is 5.11. The van der Waals surface area contributed by atoms with E-state index in [9.17, 15) is 19.7 Å². The van der Waals surface area contributed by atoms with Crippen LogP contribution in [0.5, 0.6) is 0 Å². The van der Waals surface area contributed by atoms with Crippen LogP contribution in [0.3, 0.4) is 0 Å². The molecule has 13 heteroatoms. The van der Waals surface area contributed by atoms with E-state index in [1.807, 2.05) is 32.9 Å². The van der Waals surface area contributed by atoms with Crippen LogP contribution >= 0.6 is 43.2 Å². The Labute approximate surface area is 226 Å². The fourth-order valence-corrected chi connectivity index (χ4v) is 5.62. The van der Waals surface area contributed by atoms with E-state index >= 15 is 0 Å². The molecule has 0 saturated heterocycles. The summed E-state index contributed by atoms with van der Waals surface area (Å²) in [5.74, 6) is -1.31. The molecule has 0 fully saturated rings. The molecule has 186 valence electrons. The zero-order valence-corrected chi connectivity index (χ0v) is 23.2. The van der Waals surface area contributed by atoms with Crippen LogP contribution in [0, 0.1) is 17.0 Å². The van der Waals surface area contributed by atoms with Crippen LogP contribution in [-0.2, 0) is 9.53 Å². The number of non-ortho nitro benzene ring substituents is 1. The van der Waals surface area contributed by atoms with Crippen molar-refractivity contribution in [1.29, 1.82) is 0 Å². The number of hydrogen-bond acceptors (Lipinski definition) is 8. The van der Waals surface area contributed by atoms with Crippen molar-refractivity contribution in [1.82, 2.24) is 14.8 Å². The second-order valence-electron chi connectivity index (χ2n) is 8.05. The fourth-order valence-electron chi connectivity index (χ4n) is 3.43. The maximum absolute atomic E-state index is 13.1. The number of hydrogen-bond donors (Lipinski definition) is 1. The number of anilines is 1. The van der Waals surface area contributed by atoms with E-state index in [0.717, 1.165) is 9.75 Å². The monoisotopic (exact) mass is 635 g/mol. The Morgan fingerprint density at radius 1 is 1.22 bits per heavy atom. The molecule has 0 radical (unpaired) electrons. The number of aromatic nitrogens is 3. The molecule has 0 aliphatic rings. The number of esters is 1. The minimum atomic E-state index is -0.697. The topological polar surface area (TPSA) is 129 Å². The molecule has 0 bridgehead atoms. The molecule has 0 spiro atoms. The molecule has 3 aromatic heterocycles. The summed E-state index contributed by atoms with van der Waals surface area (Å²) in [5, 5.41) is 18.5. The first-order chi connectivity index (χ1) is 17.0. The Morgan fingerprint density at radius 3 is 2.50 bits per heavy atom. The summed E-state index contributed by atoms with van der Waals surface area (Å²) in [5.41, 5.74) is 1.53. The number of nitrogens with zero attached hydrogens (tertiary/aromatic N) is 4. The van der Waals surface area contributed by atoms with Crippen molar-refractivity contribution in [2.75, 3.05) is 11.9 Å². The Balaban J connectivity index is 1.58. The normalized spacial score (nSPS) is 11.2. The molecular formula is C23H19Br2N5O5S. The molecule has 0 aliphatic carbocycles.